The predicted octanol–water partition coefficient (Wildman–Crippen LogP) is 3.16. The fraction of sp³-hybridized carbons (Fsp3) is 0.261. The highest BCUT2D eigenvalue weighted by Gasteiger charge is 2.21. The Labute approximate surface area is 172 Å². The first-order valence-electron chi connectivity index (χ1n) is 10.1. The number of nitrogens with zero attached hydrogens (tertiary/aromatic N) is 4. The van der Waals surface area contributed by atoms with Crippen LogP contribution in [-0.4, -0.2) is 38.2 Å². The highest BCUT2D eigenvalue weighted by atomic mass is 19.1. The molecular weight excluding hydrogens is 383 g/mol. The largest absolute Gasteiger partial charge is 0.341 e. The topological polar surface area (TPSA) is 60.1 Å². The van der Waals surface area contributed by atoms with Gasteiger partial charge in [0.05, 0.1) is 12.7 Å². The van der Waals surface area contributed by atoms with Gasteiger partial charge in [-0.25, -0.2) is 9.07 Å². The van der Waals surface area contributed by atoms with Crippen LogP contribution in [0.25, 0.3) is 21.8 Å². The van der Waals surface area contributed by atoms with Gasteiger partial charge >= 0.3 is 0 Å². The summed E-state index contributed by atoms with van der Waals surface area (Å²) in [6.45, 7) is 1.58. The van der Waals surface area contributed by atoms with E-state index in [0.717, 1.165) is 36.8 Å². The molecule has 0 spiro atoms. The zero-order chi connectivity index (χ0) is 20.7. The lowest BCUT2D eigenvalue weighted by molar-refractivity contribution is -0.131. The van der Waals surface area contributed by atoms with Crippen molar-refractivity contribution in [2.75, 3.05) is 13.1 Å². The molecule has 0 bridgehead atoms. The minimum Gasteiger partial charge on any atom is -0.341 e. The van der Waals surface area contributed by atoms with E-state index >= 15 is 0 Å². The molecule has 5 rings (SSSR count). The van der Waals surface area contributed by atoms with Crippen LogP contribution in [0.15, 0.2) is 59.5 Å². The molecule has 0 unspecified atom stereocenters. The summed E-state index contributed by atoms with van der Waals surface area (Å²) in [7, 11) is 0. The van der Waals surface area contributed by atoms with Gasteiger partial charge in [-0.1, -0.05) is 36.4 Å². The molecule has 0 N–H and O–H groups in total. The number of hydrogen-bond donors (Lipinski definition) is 0. The van der Waals surface area contributed by atoms with Crippen LogP contribution in [0, 0.1) is 5.82 Å². The Morgan fingerprint density at radius 1 is 1.00 bits per heavy atom. The lowest BCUT2D eigenvalue weighted by Gasteiger charge is -2.15. The number of benzene rings is 2. The van der Waals surface area contributed by atoms with E-state index in [1.54, 1.807) is 29.3 Å². The smallest absolute Gasteiger partial charge is 0.291 e. The summed E-state index contributed by atoms with van der Waals surface area (Å²) in [6, 6.07) is 14.2. The molecule has 2 aromatic carbocycles. The number of amides is 1. The number of aromatic nitrogens is 3. The molecule has 7 heteroatoms. The third kappa shape index (κ3) is 3.07. The van der Waals surface area contributed by atoms with Crippen molar-refractivity contribution < 1.29 is 9.18 Å². The average molecular weight is 404 g/mol. The van der Waals surface area contributed by atoms with Crippen LogP contribution in [0.4, 0.5) is 4.39 Å². The van der Waals surface area contributed by atoms with Gasteiger partial charge in [0.25, 0.3) is 5.56 Å². The van der Waals surface area contributed by atoms with Gasteiger partial charge in [0.2, 0.25) is 5.91 Å². The average Bonchev–Trinajstić information content (AvgIpc) is 3.40. The number of fused-ring (bicyclic) bond motifs is 3. The van der Waals surface area contributed by atoms with Gasteiger partial charge in [-0.05, 0) is 25.0 Å². The Hall–Kier alpha value is -3.48. The molecule has 0 saturated carbocycles. The van der Waals surface area contributed by atoms with Gasteiger partial charge in [-0.2, -0.15) is 5.10 Å². The van der Waals surface area contributed by atoms with Gasteiger partial charge in [0.1, 0.15) is 17.9 Å². The fourth-order valence-corrected chi connectivity index (χ4v) is 4.26. The van der Waals surface area contributed by atoms with E-state index in [0.29, 0.717) is 16.5 Å². The van der Waals surface area contributed by atoms with Crippen molar-refractivity contribution in [3.05, 3.63) is 76.5 Å². The monoisotopic (exact) mass is 404 g/mol. The van der Waals surface area contributed by atoms with Crippen molar-refractivity contribution in [3.63, 3.8) is 0 Å². The highest BCUT2D eigenvalue weighted by Crippen LogP contribution is 2.27. The summed E-state index contributed by atoms with van der Waals surface area (Å²) in [5.74, 6) is -0.416. The SMILES string of the molecule is O=C(Cn1ncc2c3ccccc3n(Cc3ccccc3F)c2c1=O)N1CCCC1. The van der Waals surface area contributed by atoms with Gasteiger partial charge in [0, 0.05) is 34.9 Å². The maximum atomic E-state index is 14.3. The van der Waals surface area contributed by atoms with Crippen molar-refractivity contribution in [1.82, 2.24) is 19.2 Å². The quantitative estimate of drug-likeness (QED) is 0.525. The summed E-state index contributed by atoms with van der Waals surface area (Å²) >= 11 is 0. The van der Waals surface area contributed by atoms with Crippen LogP contribution < -0.4 is 5.56 Å². The highest BCUT2D eigenvalue weighted by molar-refractivity contribution is 6.07. The second-order valence-electron chi connectivity index (χ2n) is 7.65. The molecule has 0 radical (unpaired) electrons. The Morgan fingerprint density at radius 3 is 2.53 bits per heavy atom. The molecule has 1 fully saturated rings. The number of rotatable bonds is 4. The summed E-state index contributed by atoms with van der Waals surface area (Å²) < 4.78 is 17.4. The molecule has 0 atom stereocenters. The lowest BCUT2D eigenvalue weighted by atomic mass is 10.2. The summed E-state index contributed by atoms with van der Waals surface area (Å²) in [4.78, 5) is 27.7. The zero-order valence-corrected chi connectivity index (χ0v) is 16.4. The number of para-hydroxylation sites is 1. The normalized spacial score (nSPS) is 14.1. The number of hydrogen-bond acceptors (Lipinski definition) is 3. The van der Waals surface area contributed by atoms with Crippen LogP contribution in [0.1, 0.15) is 18.4 Å². The minimum absolute atomic E-state index is 0.0873. The number of carbonyl (C=O) groups excluding carboxylic acids is 1. The molecule has 1 aliphatic heterocycles. The first-order chi connectivity index (χ1) is 14.6. The molecule has 1 saturated heterocycles. The molecule has 2 aromatic heterocycles. The first-order valence-corrected chi connectivity index (χ1v) is 10.1. The molecular formula is C23H21FN4O2. The summed E-state index contributed by atoms with van der Waals surface area (Å²) in [6.07, 6.45) is 3.61. The number of halogens is 1. The first kappa shape index (κ1) is 18.5. The van der Waals surface area contributed by atoms with E-state index in [4.69, 9.17) is 0 Å². The molecule has 1 aliphatic rings. The Bertz CT molecular complexity index is 1320. The maximum Gasteiger partial charge on any atom is 0.291 e. The van der Waals surface area contributed by atoms with Gasteiger partial charge < -0.3 is 9.47 Å². The van der Waals surface area contributed by atoms with E-state index in [1.165, 1.54) is 10.7 Å². The standard InChI is InChI=1S/C23H21FN4O2/c24-19-9-3-1-7-16(19)14-27-20-10-4-2-8-17(20)18-13-25-28(23(30)22(18)27)15-21(29)26-11-5-6-12-26/h1-4,7-10,13H,5-6,11-12,14-15H2. The van der Waals surface area contributed by atoms with Gasteiger partial charge in [0.15, 0.2) is 0 Å². The number of carbonyl (C=O) groups is 1. The van der Waals surface area contributed by atoms with E-state index < -0.39 is 0 Å². The van der Waals surface area contributed by atoms with Crippen molar-refractivity contribution in [2.24, 2.45) is 0 Å². The summed E-state index contributed by atoms with van der Waals surface area (Å²) in [5.41, 5.74) is 1.42. The second-order valence-corrected chi connectivity index (χ2v) is 7.65. The Kier molecular flexibility index (Phi) is 4.58. The Morgan fingerprint density at radius 2 is 1.73 bits per heavy atom. The molecule has 152 valence electrons. The minimum atomic E-state index is -0.340. The molecule has 6 nitrogen and oxygen atoms in total. The van der Waals surface area contributed by atoms with Crippen molar-refractivity contribution >= 4 is 27.7 Å². The van der Waals surface area contributed by atoms with Crippen LogP contribution >= 0.6 is 0 Å². The third-order valence-corrected chi connectivity index (χ3v) is 5.80. The van der Waals surface area contributed by atoms with E-state index in [1.807, 2.05) is 28.8 Å². The maximum absolute atomic E-state index is 14.3. The van der Waals surface area contributed by atoms with Crippen LogP contribution in [-0.2, 0) is 17.9 Å². The number of likely N-dealkylation sites (tertiary alicyclic amines) is 1. The second kappa shape index (κ2) is 7.40. The van der Waals surface area contributed by atoms with Crippen molar-refractivity contribution in [2.45, 2.75) is 25.9 Å². The summed E-state index contributed by atoms with van der Waals surface area (Å²) in [5, 5.41) is 5.86. The van der Waals surface area contributed by atoms with Crippen molar-refractivity contribution in [3.8, 4) is 0 Å². The van der Waals surface area contributed by atoms with Crippen molar-refractivity contribution in [1.29, 1.82) is 0 Å². The molecule has 1 amide bonds. The van der Waals surface area contributed by atoms with Gasteiger partial charge in [-0.15, -0.1) is 0 Å². The molecule has 30 heavy (non-hydrogen) atoms. The lowest BCUT2D eigenvalue weighted by Crippen LogP contribution is -2.36. The van der Waals surface area contributed by atoms with Crippen LogP contribution in [0.5, 0.6) is 0 Å². The van der Waals surface area contributed by atoms with E-state index in [9.17, 15) is 14.0 Å². The molecule has 0 aliphatic carbocycles. The molecule has 3 heterocycles. The predicted molar refractivity (Wildman–Crippen MR) is 113 cm³/mol. The zero-order valence-electron chi connectivity index (χ0n) is 16.4. The van der Waals surface area contributed by atoms with Gasteiger partial charge in [-0.3, -0.25) is 9.59 Å². The Balaban J connectivity index is 1.66. The third-order valence-electron chi connectivity index (χ3n) is 5.80. The van der Waals surface area contributed by atoms with Crippen LogP contribution in [0.3, 0.4) is 0 Å². The molecule has 4 aromatic rings. The van der Waals surface area contributed by atoms with E-state index in [2.05, 4.69) is 5.10 Å². The van der Waals surface area contributed by atoms with E-state index in [-0.39, 0.29) is 30.4 Å². The van der Waals surface area contributed by atoms with Crippen LogP contribution in [0.2, 0.25) is 0 Å². The fourth-order valence-electron chi connectivity index (χ4n) is 4.26.